The van der Waals surface area contributed by atoms with Crippen molar-refractivity contribution in [3.8, 4) is 0 Å². The van der Waals surface area contributed by atoms with E-state index in [0.717, 1.165) is 5.56 Å². The molecule has 0 amide bonds. The summed E-state index contributed by atoms with van der Waals surface area (Å²) in [7, 11) is 1.39. The van der Waals surface area contributed by atoms with E-state index in [0.29, 0.717) is 26.1 Å². The molecule has 37 heavy (non-hydrogen) atoms. The van der Waals surface area contributed by atoms with Gasteiger partial charge in [0.2, 0.25) is 0 Å². The first kappa shape index (κ1) is 24.9. The highest BCUT2D eigenvalue weighted by Crippen LogP contribution is 2.74. The number of ether oxygens (including phenoxy) is 1. The van der Waals surface area contributed by atoms with Gasteiger partial charge in [-0.3, -0.25) is 14.5 Å². The molecular formula is C30H35F2NO4. The Hall–Kier alpha value is -2.38. The number of nitrogens with zero attached hydrogens (tertiary/aromatic N) is 1. The highest BCUT2D eigenvalue weighted by atomic mass is 19.1. The van der Waals surface area contributed by atoms with Gasteiger partial charge in [-0.1, -0.05) is 43.3 Å². The Morgan fingerprint density at radius 1 is 1.19 bits per heavy atom. The van der Waals surface area contributed by atoms with Crippen LogP contribution < -0.4 is 0 Å². The lowest BCUT2D eigenvalue weighted by molar-refractivity contribution is -0.216. The van der Waals surface area contributed by atoms with Crippen molar-refractivity contribution < 1.29 is 28.2 Å². The van der Waals surface area contributed by atoms with Crippen molar-refractivity contribution in [3.05, 3.63) is 59.7 Å². The van der Waals surface area contributed by atoms with Crippen molar-refractivity contribution in [3.63, 3.8) is 0 Å². The average Bonchev–Trinajstić information content (AvgIpc) is 3.34. The molecule has 5 nitrogen and oxygen atoms in total. The van der Waals surface area contributed by atoms with E-state index >= 15 is 8.78 Å². The van der Waals surface area contributed by atoms with Crippen LogP contribution in [0.5, 0.6) is 0 Å². The topological polar surface area (TPSA) is 66.8 Å². The minimum atomic E-state index is -2.14. The summed E-state index contributed by atoms with van der Waals surface area (Å²) >= 11 is 0. The number of hydrogen-bond donors (Lipinski definition) is 1. The van der Waals surface area contributed by atoms with Gasteiger partial charge in [-0.2, -0.15) is 0 Å². The largest absolute Gasteiger partial charge is 0.469 e. The number of methoxy groups -OCH3 is 1. The van der Waals surface area contributed by atoms with Gasteiger partial charge in [-0.25, -0.2) is 8.78 Å². The second kappa shape index (κ2) is 8.06. The number of carbonyl (C=O) groups excluding carboxylic acids is 2. The van der Waals surface area contributed by atoms with Gasteiger partial charge in [-0.05, 0) is 66.7 Å². The molecular weight excluding hydrogens is 476 g/mol. The zero-order valence-corrected chi connectivity index (χ0v) is 21.6. The Kier molecular flexibility index (Phi) is 5.43. The standard InChI is InChI=1S/C30H35F2NO4/c1-27-10-9-20(34)12-23(27)24(31)13-22-21-11-19-16-33(15-18-7-5-4-6-8-18)17-29(19,26(36)37-3)28(21,2)14-25(35)30(22,27)32/h4-10,12,19,21-22,24-25,35H,11,13-17H2,1-3H3/t19-,21-,22-,24-,25-,27-,28-,29+,30-/m0/s1. The van der Waals surface area contributed by atoms with E-state index in [1.807, 2.05) is 25.1 Å². The molecule has 4 fully saturated rings. The quantitative estimate of drug-likeness (QED) is 0.616. The maximum Gasteiger partial charge on any atom is 0.314 e. The lowest BCUT2D eigenvalue weighted by atomic mass is 9.43. The van der Waals surface area contributed by atoms with Gasteiger partial charge < -0.3 is 9.84 Å². The zero-order valence-electron chi connectivity index (χ0n) is 21.6. The number of fused-ring (bicyclic) bond motifs is 7. The van der Waals surface area contributed by atoms with Gasteiger partial charge in [0.15, 0.2) is 11.5 Å². The van der Waals surface area contributed by atoms with Crippen molar-refractivity contribution in [2.45, 2.75) is 57.6 Å². The van der Waals surface area contributed by atoms with E-state index < -0.39 is 40.1 Å². The van der Waals surface area contributed by atoms with Gasteiger partial charge in [0.25, 0.3) is 0 Å². The SMILES string of the molecule is COC(=O)[C@@]12CN(Cc3ccccc3)C[C@@H]1C[C@H]1[C@@H]3C[C@H](F)C4=CC(=O)C=C[C@]4(C)[C@@]3(F)[C@@H](O)C[C@@]12C. The van der Waals surface area contributed by atoms with Crippen LogP contribution in [0, 0.1) is 34.0 Å². The zero-order chi connectivity index (χ0) is 26.4. The molecule has 0 aromatic heterocycles. The van der Waals surface area contributed by atoms with Gasteiger partial charge in [0.05, 0.1) is 18.6 Å². The van der Waals surface area contributed by atoms with Gasteiger partial charge in [0.1, 0.15) is 6.17 Å². The minimum Gasteiger partial charge on any atom is -0.469 e. The molecule has 1 aliphatic heterocycles. The van der Waals surface area contributed by atoms with Crippen LogP contribution in [0.2, 0.25) is 0 Å². The summed E-state index contributed by atoms with van der Waals surface area (Å²) in [6.07, 6.45) is 1.62. The van der Waals surface area contributed by atoms with Crippen LogP contribution in [0.3, 0.4) is 0 Å². The molecule has 198 valence electrons. The molecule has 7 heteroatoms. The highest BCUT2D eigenvalue weighted by molar-refractivity contribution is 6.01. The van der Waals surface area contributed by atoms with Crippen LogP contribution in [-0.2, 0) is 20.9 Å². The molecule has 1 N–H and O–H groups in total. The molecule has 0 spiro atoms. The van der Waals surface area contributed by atoms with E-state index in [1.165, 1.54) is 25.3 Å². The van der Waals surface area contributed by atoms with E-state index in [1.54, 1.807) is 6.92 Å². The third kappa shape index (κ3) is 3.01. The predicted molar refractivity (Wildman–Crippen MR) is 134 cm³/mol. The van der Waals surface area contributed by atoms with E-state index in [2.05, 4.69) is 17.0 Å². The summed E-state index contributed by atoms with van der Waals surface area (Å²) in [4.78, 5) is 28.0. The van der Waals surface area contributed by atoms with Crippen molar-refractivity contribution in [1.82, 2.24) is 4.90 Å². The average molecular weight is 512 g/mol. The lowest BCUT2D eigenvalue weighted by Gasteiger charge is -2.63. The number of hydrogen-bond acceptors (Lipinski definition) is 5. The molecule has 1 heterocycles. The number of likely N-dealkylation sites (tertiary alicyclic amines) is 1. The van der Waals surface area contributed by atoms with Crippen LogP contribution in [0.15, 0.2) is 54.1 Å². The number of esters is 1. The number of rotatable bonds is 3. The maximum absolute atomic E-state index is 17.4. The Morgan fingerprint density at radius 3 is 2.62 bits per heavy atom. The Labute approximate surface area is 216 Å². The van der Waals surface area contributed by atoms with Crippen LogP contribution in [0.4, 0.5) is 8.78 Å². The first-order valence-electron chi connectivity index (χ1n) is 13.3. The van der Waals surface area contributed by atoms with Crippen LogP contribution in [0.25, 0.3) is 0 Å². The molecule has 6 rings (SSSR count). The van der Waals surface area contributed by atoms with Gasteiger partial charge in [0, 0.05) is 31.0 Å². The number of aliphatic hydroxyl groups excluding tert-OH is 1. The van der Waals surface area contributed by atoms with E-state index in [9.17, 15) is 14.7 Å². The second-order valence-electron chi connectivity index (χ2n) is 12.4. The summed E-state index contributed by atoms with van der Waals surface area (Å²) in [6.45, 7) is 5.41. The van der Waals surface area contributed by atoms with Crippen LogP contribution >= 0.6 is 0 Å². The number of carbonyl (C=O) groups is 2. The molecule has 5 aliphatic rings. The molecule has 0 unspecified atom stereocenters. The van der Waals surface area contributed by atoms with Crippen molar-refractivity contribution in [2.75, 3.05) is 20.2 Å². The lowest BCUT2D eigenvalue weighted by Crippen LogP contribution is -2.69. The van der Waals surface area contributed by atoms with E-state index in [4.69, 9.17) is 4.74 Å². The Morgan fingerprint density at radius 2 is 1.92 bits per heavy atom. The summed E-state index contributed by atoms with van der Waals surface area (Å²) in [5.74, 6) is -1.85. The Balaban J connectivity index is 1.41. The summed E-state index contributed by atoms with van der Waals surface area (Å²) in [6, 6.07) is 10.1. The minimum absolute atomic E-state index is 0.0804. The number of benzene rings is 1. The predicted octanol–water partition coefficient (Wildman–Crippen LogP) is 4.21. The monoisotopic (exact) mass is 511 g/mol. The molecule has 1 aromatic rings. The summed E-state index contributed by atoms with van der Waals surface area (Å²) in [5, 5.41) is 11.6. The fourth-order valence-electron chi connectivity index (χ4n) is 9.35. The van der Waals surface area contributed by atoms with Crippen molar-refractivity contribution >= 4 is 11.8 Å². The first-order chi connectivity index (χ1) is 17.5. The molecule has 9 atom stereocenters. The van der Waals surface area contributed by atoms with Gasteiger partial charge >= 0.3 is 5.97 Å². The molecule has 1 aromatic carbocycles. The molecule has 1 saturated heterocycles. The Bertz CT molecular complexity index is 1200. The number of halogens is 2. The van der Waals surface area contributed by atoms with Crippen LogP contribution in [-0.4, -0.2) is 59.9 Å². The highest BCUT2D eigenvalue weighted by Gasteiger charge is 2.78. The molecule has 3 saturated carbocycles. The summed E-state index contributed by atoms with van der Waals surface area (Å²) < 4.78 is 38.6. The fraction of sp³-hybridized carbons (Fsp3) is 0.600. The third-order valence-corrected chi connectivity index (χ3v) is 11.0. The fourth-order valence-corrected chi connectivity index (χ4v) is 9.35. The number of aliphatic hydroxyl groups is 1. The van der Waals surface area contributed by atoms with E-state index in [-0.39, 0.29) is 42.0 Å². The normalized spacial score (nSPS) is 46.5. The third-order valence-electron chi connectivity index (χ3n) is 11.0. The number of allylic oxidation sites excluding steroid dienone is 4. The first-order valence-corrected chi connectivity index (χ1v) is 13.3. The summed E-state index contributed by atoms with van der Waals surface area (Å²) in [5.41, 5.74) is -3.96. The van der Waals surface area contributed by atoms with Gasteiger partial charge in [-0.15, -0.1) is 0 Å². The second-order valence-corrected chi connectivity index (χ2v) is 12.4. The smallest absolute Gasteiger partial charge is 0.314 e. The van der Waals surface area contributed by atoms with Crippen LogP contribution in [0.1, 0.15) is 38.7 Å². The molecule has 0 radical (unpaired) electrons. The maximum atomic E-state index is 17.4. The molecule has 4 aliphatic carbocycles. The number of ketones is 1. The number of alkyl halides is 2. The van der Waals surface area contributed by atoms with Crippen molar-refractivity contribution in [2.24, 2.45) is 34.0 Å². The van der Waals surface area contributed by atoms with Crippen molar-refractivity contribution in [1.29, 1.82) is 0 Å². The molecule has 0 bridgehead atoms.